The molecule has 21 heavy (non-hydrogen) atoms. The van der Waals surface area contributed by atoms with Gasteiger partial charge in [-0.3, -0.25) is 10.5 Å². The number of ether oxygens (including phenoxy) is 1. The third-order valence-electron chi connectivity index (χ3n) is 3.36. The van der Waals surface area contributed by atoms with Crippen LogP contribution in [0, 0.1) is 0 Å². The van der Waals surface area contributed by atoms with Crippen molar-refractivity contribution in [1.82, 2.24) is 0 Å². The zero-order chi connectivity index (χ0) is 15.3. The molecule has 0 aliphatic carbocycles. The maximum Gasteiger partial charge on any atom is 1.00 e. The molecule has 0 radical (unpaired) electrons. The molecule has 0 bridgehead atoms. The molecule has 0 amide bonds. The fourth-order valence-electron chi connectivity index (χ4n) is 2.28. The van der Waals surface area contributed by atoms with Gasteiger partial charge in [-0.1, -0.05) is 71.1 Å². The van der Waals surface area contributed by atoms with Crippen molar-refractivity contribution in [3.8, 4) is 0 Å². The first-order valence-corrected chi connectivity index (χ1v) is 8.46. The summed E-state index contributed by atoms with van der Waals surface area (Å²) in [5, 5.41) is 0. The first-order chi connectivity index (χ1) is 9.45. The summed E-state index contributed by atoms with van der Waals surface area (Å²) in [6.45, 7) is 5.65. The number of unbranched alkanes of at least 4 members (excludes halogenated alkanes) is 10. The fraction of sp³-hybridized carbons (Fsp3) is 0.941. The molecule has 0 atom stereocenters. The second-order valence-electron chi connectivity index (χ2n) is 6.36. The smallest absolute Gasteiger partial charge is 1.00 e. The molecule has 0 aliphatic rings. The van der Waals surface area contributed by atoms with Crippen molar-refractivity contribution in [2.75, 3.05) is 0 Å². The normalized spacial score (nSPS) is 11.0. The first-order valence-electron chi connectivity index (χ1n) is 8.46. The SMILES string of the molecule is CCCCCCCCCCCCCC(=O)OC(C)(C)N.[H-].[K+]. The van der Waals surface area contributed by atoms with E-state index in [9.17, 15) is 4.79 Å². The van der Waals surface area contributed by atoms with Crippen LogP contribution in [0.3, 0.4) is 0 Å². The van der Waals surface area contributed by atoms with Crippen LogP contribution < -0.4 is 57.1 Å². The largest absolute Gasteiger partial charge is 1.00 e. The van der Waals surface area contributed by atoms with E-state index >= 15 is 0 Å². The summed E-state index contributed by atoms with van der Waals surface area (Å²) in [6.07, 6.45) is 14.7. The summed E-state index contributed by atoms with van der Waals surface area (Å²) < 4.78 is 5.07. The Morgan fingerprint density at radius 2 is 1.29 bits per heavy atom. The molecular weight excluding hydrogens is 289 g/mol. The van der Waals surface area contributed by atoms with Crippen LogP contribution in [0.2, 0.25) is 0 Å². The predicted molar refractivity (Wildman–Crippen MR) is 86.5 cm³/mol. The number of rotatable bonds is 13. The van der Waals surface area contributed by atoms with Gasteiger partial charge in [0.15, 0.2) is 5.72 Å². The number of carbonyl (C=O) groups excluding carboxylic acids is 1. The van der Waals surface area contributed by atoms with Crippen molar-refractivity contribution in [2.24, 2.45) is 5.73 Å². The van der Waals surface area contributed by atoms with E-state index in [-0.39, 0.29) is 58.8 Å². The van der Waals surface area contributed by atoms with Gasteiger partial charge < -0.3 is 6.16 Å². The zero-order valence-corrected chi connectivity index (χ0v) is 18.0. The third kappa shape index (κ3) is 21.1. The second kappa shape index (κ2) is 15.9. The van der Waals surface area contributed by atoms with E-state index in [4.69, 9.17) is 10.5 Å². The van der Waals surface area contributed by atoms with Crippen molar-refractivity contribution >= 4 is 5.97 Å². The van der Waals surface area contributed by atoms with E-state index < -0.39 is 5.72 Å². The Balaban J connectivity index is -0.00000180. The van der Waals surface area contributed by atoms with Crippen LogP contribution in [-0.4, -0.2) is 11.7 Å². The Morgan fingerprint density at radius 1 is 0.905 bits per heavy atom. The minimum atomic E-state index is -0.838. The molecular formula is C17H36KNO2. The van der Waals surface area contributed by atoms with Gasteiger partial charge in [-0.15, -0.1) is 0 Å². The Morgan fingerprint density at radius 3 is 1.67 bits per heavy atom. The van der Waals surface area contributed by atoms with Crippen molar-refractivity contribution in [3.05, 3.63) is 0 Å². The molecule has 0 fully saturated rings. The van der Waals surface area contributed by atoms with Gasteiger partial charge in [0.25, 0.3) is 0 Å². The van der Waals surface area contributed by atoms with Crippen molar-refractivity contribution in [2.45, 2.75) is 104 Å². The molecule has 0 rings (SSSR count). The summed E-state index contributed by atoms with van der Waals surface area (Å²) in [5.74, 6) is -0.173. The minimum Gasteiger partial charge on any atom is -1.00 e. The summed E-state index contributed by atoms with van der Waals surface area (Å²) in [4.78, 5) is 11.4. The summed E-state index contributed by atoms with van der Waals surface area (Å²) in [5.41, 5.74) is 4.78. The molecule has 122 valence electrons. The van der Waals surface area contributed by atoms with Crippen LogP contribution in [0.4, 0.5) is 0 Å². The van der Waals surface area contributed by atoms with Crippen LogP contribution in [0.5, 0.6) is 0 Å². The molecule has 4 heteroatoms. The number of esters is 1. The number of hydrogen-bond acceptors (Lipinski definition) is 3. The van der Waals surface area contributed by atoms with Gasteiger partial charge in [-0.25, -0.2) is 0 Å². The van der Waals surface area contributed by atoms with Crippen LogP contribution in [0.15, 0.2) is 0 Å². The molecule has 0 heterocycles. The molecule has 3 nitrogen and oxygen atoms in total. The summed E-state index contributed by atoms with van der Waals surface area (Å²) >= 11 is 0. The maximum atomic E-state index is 11.4. The molecule has 0 aromatic carbocycles. The topological polar surface area (TPSA) is 52.3 Å². The third-order valence-corrected chi connectivity index (χ3v) is 3.36. The predicted octanol–water partition coefficient (Wildman–Crippen LogP) is 2.04. The fourth-order valence-corrected chi connectivity index (χ4v) is 2.28. The molecule has 0 unspecified atom stereocenters. The Hall–Kier alpha value is 1.07. The standard InChI is InChI=1S/C17H35NO2.K.H/c1-4-5-6-7-8-9-10-11-12-13-14-15-16(19)20-17(2,3)18;;/h4-15,18H2,1-3H3;;/q;+1;-1. The molecule has 0 aromatic heterocycles. The van der Waals surface area contributed by atoms with E-state index in [2.05, 4.69) is 6.92 Å². The van der Waals surface area contributed by atoms with Gasteiger partial charge in [0.1, 0.15) is 0 Å². The van der Waals surface area contributed by atoms with E-state index in [1.165, 1.54) is 57.8 Å². The minimum absolute atomic E-state index is 0. The van der Waals surface area contributed by atoms with Gasteiger partial charge in [-0.2, -0.15) is 0 Å². The average Bonchev–Trinajstić information content (AvgIpc) is 2.34. The van der Waals surface area contributed by atoms with Crippen LogP contribution >= 0.6 is 0 Å². The molecule has 0 saturated carbocycles. The average molecular weight is 326 g/mol. The monoisotopic (exact) mass is 325 g/mol. The van der Waals surface area contributed by atoms with Gasteiger partial charge in [0.2, 0.25) is 0 Å². The molecule has 0 aromatic rings. The van der Waals surface area contributed by atoms with Gasteiger partial charge >= 0.3 is 57.4 Å². The van der Waals surface area contributed by atoms with E-state index in [1.807, 2.05) is 0 Å². The van der Waals surface area contributed by atoms with E-state index in [1.54, 1.807) is 13.8 Å². The summed E-state index contributed by atoms with van der Waals surface area (Å²) in [7, 11) is 0. The number of nitrogens with two attached hydrogens (primary N) is 1. The van der Waals surface area contributed by atoms with E-state index in [0.717, 1.165) is 12.8 Å². The van der Waals surface area contributed by atoms with Crippen molar-refractivity contribution in [3.63, 3.8) is 0 Å². The van der Waals surface area contributed by atoms with Gasteiger partial charge in [0, 0.05) is 6.42 Å². The summed E-state index contributed by atoms with van der Waals surface area (Å²) in [6, 6.07) is 0. The van der Waals surface area contributed by atoms with Gasteiger partial charge in [0.05, 0.1) is 0 Å². The second-order valence-corrected chi connectivity index (χ2v) is 6.36. The van der Waals surface area contributed by atoms with Crippen molar-refractivity contribution < 1.29 is 62.3 Å². The van der Waals surface area contributed by atoms with Crippen LogP contribution in [0.1, 0.15) is 99.2 Å². The molecule has 0 aliphatic heterocycles. The Kier molecular flexibility index (Phi) is 18.5. The quantitative estimate of drug-likeness (QED) is 0.244. The van der Waals surface area contributed by atoms with Crippen LogP contribution in [-0.2, 0) is 9.53 Å². The van der Waals surface area contributed by atoms with E-state index in [0.29, 0.717) is 6.42 Å². The zero-order valence-electron chi connectivity index (χ0n) is 15.9. The van der Waals surface area contributed by atoms with Crippen LogP contribution in [0.25, 0.3) is 0 Å². The number of hydrogen-bond donors (Lipinski definition) is 1. The van der Waals surface area contributed by atoms with Crippen molar-refractivity contribution in [1.29, 1.82) is 0 Å². The first kappa shape index (κ1) is 24.3. The molecule has 0 spiro atoms. The maximum absolute atomic E-state index is 11.4. The van der Waals surface area contributed by atoms with Gasteiger partial charge in [-0.05, 0) is 20.3 Å². The number of carbonyl (C=O) groups is 1. The molecule has 0 saturated heterocycles. The Labute approximate surface area is 176 Å². The molecule has 2 N–H and O–H groups in total. The Bertz CT molecular complexity index is 245.